The van der Waals surface area contributed by atoms with E-state index in [1.165, 1.54) is 0 Å². The number of hydrogen-bond donors (Lipinski definition) is 1. The van der Waals surface area contributed by atoms with Gasteiger partial charge in [-0.3, -0.25) is 14.2 Å². The molecule has 0 saturated heterocycles. The second-order valence-corrected chi connectivity index (χ2v) is 9.94. The van der Waals surface area contributed by atoms with Crippen molar-refractivity contribution in [3.63, 3.8) is 0 Å². The number of rotatable bonds is 4. The molecule has 2 amide bonds. The number of hydrogen-bond acceptors (Lipinski definition) is 7. The van der Waals surface area contributed by atoms with E-state index in [2.05, 4.69) is 10.3 Å². The molecule has 0 spiro atoms. The minimum atomic E-state index is -0.294. The number of carbonyl (C=O) groups excluding carboxylic acids is 2. The lowest BCUT2D eigenvalue weighted by Gasteiger charge is -2.27. The van der Waals surface area contributed by atoms with Gasteiger partial charge in [0.05, 0.1) is 13.2 Å². The molecule has 1 unspecified atom stereocenters. The molecule has 0 radical (unpaired) electrons. The van der Waals surface area contributed by atoms with Gasteiger partial charge in [-0.25, -0.2) is 4.98 Å². The van der Waals surface area contributed by atoms with E-state index in [4.69, 9.17) is 18.9 Å². The molecule has 3 aromatic carbocycles. The Hall–Kier alpha value is -4.99. The van der Waals surface area contributed by atoms with Crippen molar-refractivity contribution in [2.45, 2.75) is 19.5 Å². The van der Waals surface area contributed by atoms with Crippen molar-refractivity contribution in [3.8, 4) is 40.1 Å². The van der Waals surface area contributed by atoms with Gasteiger partial charge in [-0.1, -0.05) is 6.07 Å². The standard InChI is InChI=1S/C31H30N4O6/c1-19(21-4-7-26-28(15-21)40-11-10-39-26)34(2)31(37)23-12-20-13-24(14-23)35-9-8-32-30(35)22-5-6-25(38-3)27(16-22)41-18-29(36)33-17-20/h4-9,12-16,19H,10-11,17-18H2,1-3H3,(H,33,36). The summed E-state index contributed by atoms with van der Waals surface area (Å²) in [4.78, 5) is 32.8. The second kappa shape index (κ2) is 10.9. The van der Waals surface area contributed by atoms with Crippen molar-refractivity contribution in [1.82, 2.24) is 19.8 Å². The molecular formula is C31H30N4O6. The van der Waals surface area contributed by atoms with Crippen LogP contribution in [0.15, 0.2) is 67.0 Å². The number of carbonyl (C=O) groups is 2. The maximum atomic E-state index is 13.9. The summed E-state index contributed by atoms with van der Waals surface area (Å²) >= 11 is 0. The predicted molar refractivity (Wildman–Crippen MR) is 151 cm³/mol. The monoisotopic (exact) mass is 554 g/mol. The normalized spacial score (nSPS) is 14.7. The number of nitrogens with one attached hydrogen (secondary N) is 1. The van der Waals surface area contributed by atoms with Gasteiger partial charge in [0.1, 0.15) is 19.0 Å². The van der Waals surface area contributed by atoms with Crippen LogP contribution < -0.4 is 24.3 Å². The van der Waals surface area contributed by atoms with Crippen molar-refractivity contribution in [2.75, 3.05) is 34.0 Å². The van der Waals surface area contributed by atoms with Gasteiger partial charge >= 0.3 is 0 Å². The Labute approximate surface area is 237 Å². The summed E-state index contributed by atoms with van der Waals surface area (Å²) in [7, 11) is 3.33. The van der Waals surface area contributed by atoms with Gasteiger partial charge in [-0.05, 0) is 66.6 Å². The minimum Gasteiger partial charge on any atom is -0.493 e. The molecule has 6 rings (SSSR count). The zero-order chi connectivity index (χ0) is 28.5. The quantitative estimate of drug-likeness (QED) is 0.404. The van der Waals surface area contributed by atoms with Crippen molar-refractivity contribution in [2.24, 2.45) is 0 Å². The topological polar surface area (TPSA) is 104 Å². The van der Waals surface area contributed by atoms with Crippen molar-refractivity contribution in [1.29, 1.82) is 0 Å². The van der Waals surface area contributed by atoms with Crippen LogP contribution in [0.4, 0.5) is 0 Å². The fourth-order valence-electron chi connectivity index (χ4n) is 5.01. The van der Waals surface area contributed by atoms with Crippen molar-refractivity contribution >= 4 is 11.8 Å². The summed E-state index contributed by atoms with van der Waals surface area (Å²) in [5, 5.41) is 2.89. The van der Waals surface area contributed by atoms with Gasteiger partial charge in [0, 0.05) is 42.8 Å². The fourth-order valence-corrected chi connectivity index (χ4v) is 5.01. The Morgan fingerprint density at radius 3 is 2.68 bits per heavy atom. The number of aromatic nitrogens is 2. The number of benzene rings is 3. The van der Waals surface area contributed by atoms with Crippen molar-refractivity contribution < 1.29 is 28.5 Å². The highest BCUT2D eigenvalue weighted by Crippen LogP contribution is 2.35. The van der Waals surface area contributed by atoms with Crippen LogP contribution in [0.3, 0.4) is 0 Å². The summed E-state index contributed by atoms with van der Waals surface area (Å²) in [5.74, 6) is 2.53. The number of imidazole rings is 1. The highest BCUT2D eigenvalue weighted by molar-refractivity contribution is 5.95. The fraction of sp³-hybridized carbons (Fsp3) is 0.258. The lowest BCUT2D eigenvalue weighted by molar-refractivity contribution is -0.123. The lowest BCUT2D eigenvalue weighted by Crippen LogP contribution is -2.30. The molecule has 2 aliphatic rings. The van der Waals surface area contributed by atoms with E-state index in [1.54, 1.807) is 43.5 Å². The van der Waals surface area contributed by atoms with Crippen LogP contribution in [0.2, 0.25) is 0 Å². The van der Waals surface area contributed by atoms with E-state index in [0.717, 1.165) is 22.4 Å². The van der Waals surface area contributed by atoms with Crippen LogP contribution in [0.5, 0.6) is 23.0 Å². The largest absolute Gasteiger partial charge is 0.493 e. The van der Waals surface area contributed by atoms with Gasteiger partial charge in [0.2, 0.25) is 0 Å². The Bertz CT molecular complexity index is 1630. The number of fused-ring (bicyclic) bond motifs is 8. The second-order valence-electron chi connectivity index (χ2n) is 9.94. The van der Waals surface area contributed by atoms with Gasteiger partial charge in [-0.2, -0.15) is 0 Å². The zero-order valence-corrected chi connectivity index (χ0v) is 23.0. The van der Waals surface area contributed by atoms with Crippen LogP contribution in [0.1, 0.15) is 34.5 Å². The molecule has 210 valence electrons. The number of ether oxygens (including phenoxy) is 4. The maximum absolute atomic E-state index is 13.9. The number of methoxy groups -OCH3 is 1. The molecule has 4 aromatic rings. The first-order valence-electron chi connectivity index (χ1n) is 13.3. The lowest BCUT2D eigenvalue weighted by atomic mass is 10.0. The van der Waals surface area contributed by atoms with Crippen LogP contribution >= 0.6 is 0 Å². The van der Waals surface area contributed by atoms with Gasteiger partial charge in [-0.15, -0.1) is 0 Å². The summed E-state index contributed by atoms with van der Waals surface area (Å²) in [6, 6.07) is 16.5. The molecular weight excluding hydrogens is 524 g/mol. The van der Waals surface area contributed by atoms with Gasteiger partial charge < -0.3 is 29.2 Å². The SMILES string of the molecule is COc1ccc2cc1OCC(=O)NCc1cc(C(=O)N(C)C(C)c3ccc4c(c3)OCCO4)cc(c1)-n1ccnc1-2. The molecule has 4 bridgehead atoms. The third-order valence-corrected chi connectivity index (χ3v) is 7.36. The molecule has 10 heteroatoms. The molecule has 2 aliphatic heterocycles. The van der Waals surface area contributed by atoms with Gasteiger partial charge in [0.15, 0.2) is 29.6 Å². The summed E-state index contributed by atoms with van der Waals surface area (Å²) in [5.41, 5.74) is 3.69. The number of nitrogens with zero attached hydrogens (tertiary/aromatic N) is 3. The molecule has 0 saturated carbocycles. The van der Waals surface area contributed by atoms with E-state index >= 15 is 0 Å². The Kier molecular flexibility index (Phi) is 6.96. The molecule has 0 fully saturated rings. The minimum absolute atomic E-state index is 0.164. The smallest absolute Gasteiger partial charge is 0.258 e. The van der Waals surface area contributed by atoms with E-state index in [0.29, 0.717) is 47.6 Å². The van der Waals surface area contributed by atoms with Crippen LogP contribution in [0, 0.1) is 0 Å². The predicted octanol–water partition coefficient (Wildman–Crippen LogP) is 4.16. The number of amides is 2. The summed E-state index contributed by atoms with van der Waals surface area (Å²) < 4.78 is 24.5. The molecule has 0 aliphatic carbocycles. The summed E-state index contributed by atoms with van der Waals surface area (Å²) in [6.45, 7) is 3.02. The maximum Gasteiger partial charge on any atom is 0.258 e. The Morgan fingerprint density at radius 2 is 1.85 bits per heavy atom. The van der Waals surface area contributed by atoms with E-state index in [1.807, 2.05) is 54.1 Å². The van der Waals surface area contributed by atoms with E-state index < -0.39 is 0 Å². The molecule has 3 heterocycles. The molecule has 10 nitrogen and oxygen atoms in total. The molecule has 1 N–H and O–H groups in total. The average Bonchev–Trinajstić information content (AvgIpc) is 3.51. The average molecular weight is 555 g/mol. The third-order valence-electron chi connectivity index (χ3n) is 7.36. The molecule has 1 aromatic heterocycles. The molecule has 1 atom stereocenters. The van der Waals surface area contributed by atoms with Crippen molar-refractivity contribution in [3.05, 3.63) is 83.7 Å². The Morgan fingerprint density at radius 1 is 1.02 bits per heavy atom. The Balaban J connectivity index is 1.37. The zero-order valence-electron chi connectivity index (χ0n) is 23.0. The van der Waals surface area contributed by atoms with E-state index in [-0.39, 0.29) is 31.0 Å². The highest BCUT2D eigenvalue weighted by Gasteiger charge is 2.23. The van der Waals surface area contributed by atoms with Crippen LogP contribution in [-0.4, -0.2) is 60.2 Å². The van der Waals surface area contributed by atoms with E-state index in [9.17, 15) is 9.59 Å². The first-order chi connectivity index (χ1) is 19.9. The van der Waals surface area contributed by atoms with Crippen LogP contribution in [0.25, 0.3) is 17.1 Å². The van der Waals surface area contributed by atoms with Crippen LogP contribution in [-0.2, 0) is 11.3 Å². The first kappa shape index (κ1) is 26.2. The third kappa shape index (κ3) is 5.16. The summed E-state index contributed by atoms with van der Waals surface area (Å²) in [6.07, 6.45) is 3.55. The van der Waals surface area contributed by atoms with Gasteiger partial charge in [0.25, 0.3) is 11.8 Å². The molecule has 41 heavy (non-hydrogen) atoms. The highest BCUT2D eigenvalue weighted by atomic mass is 16.6. The first-order valence-corrected chi connectivity index (χ1v) is 13.3.